The highest BCUT2D eigenvalue weighted by Gasteiger charge is 2.28. The van der Waals surface area contributed by atoms with Crippen molar-refractivity contribution in [3.63, 3.8) is 0 Å². The number of carboxylic acids is 1. The quantitative estimate of drug-likeness (QED) is 0.665. The average Bonchev–Trinajstić information content (AvgIpc) is 2.98. The Labute approximate surface area is 171 Å². The Morgan fingerprint density at radius 1 is 1.28 bits per heavy atom. The first-order valence-electron chi connectivity index (χ1n) is 9.93. The maximum atomic E-state index is 12.0. The average molecular weight is 399 g/mol. The molecular formula is C22H30N4O3. The van der Waals surface area contributed by atoms with Gasteiger partial charge in [-0.15, -0.1) is 0 Å². The molecule has 2 atom stereocenters. The molecule has 3 rings (SSSR count). The number of aliphatic carboxylic acids is 1. The predicted molar refractivity (Wildman–Crippen MR) is 115 cm³/mol. The first-order valence-corrected chi connectivity index (χ1v) is 9.93. The molecule has 156 valence electrons. The van der Waals surface area contributed by atoms with Crippen LogP contribution in [0, 0.1) is 12.8 Å². The van der Waals surface area contributed by atoms with E-state index in [4.69, 9.17) is 0 Å². The summed E-state index contributed by atoms with van der Waals surface area (Å²) in [6.45, 7) is 6.36. The van der Waals surface area contributed by atoms with Gasteiger partial charge in [0, 0.05) is 38.0 Å². The summed E-state index contributed by atoms with van der Waals surface area (Å²) in [6, 6.07) is 7.50. The minimum atomic E-state index is -0.817. The van der Waals surface area contributed by atoms with E-state index in [-0.39, 0.29) is 11.7 Å². The minimum Gasteiger partial charge on any atom is -0.480 e. The van der Waals surface area contributed by atoms with E-state index in [1.165, 1.54) is 0 Å². The van der Waals surface area contributed by atoms with Gasteiger partial charge in [0.05, 0.1) is 11.4 Å². The van der Waals surface area contributed by atoms with Crippen LogP contribution in [-0.2, 0) is 18.4 Å². The van der Waals surface area contributed by atoms with Gasteiger partial charge in [0.15, 0.2) is 0 Å². The van der Waals surface area contributed by atoms with Crippen LogP contribution in [0.15, 0.2) is 35.3 Å². The second-order valence-electron chi connectivity index (χ2n) is 8.28. The zero-order chi connectivity index (χ0) is 21.3. The largest absolute Gasteiger partial charge is 0.480 e. The molecule has 0 radical (unpaired) electrons. The van der Waals surface area contributed by atoms with Gasteiger partial charge in [0.2, 0.25) is 0 Å². The third kappa shape index (κ3) is 4.45. The molecular weight excluding hydrogens is 368 g/mol. The molecule has 3 N–H and O–H groups in total. The van der Waals surface area contributed by atoms with E-state index in [1.54, 1.807) is 11.6 Å². The molecule has 2 aromatic rings. The van der Waals surface area contributed by atoms with E-state index in [2.05, 4.69) is 21.6 Å². The van der Waals surface area contributed by atoms with E-state index in [9.17, 15) is 14.7 Å². The monoisotopic (exact) mass is 398 g/mol. The van der Waals surface area contributed by atoms with Crippen molar-refractivity contribution in [1.29, 1.82) is 0 Å². The maximum absolute atomic E-state index is 12.0. The number of aromatic nitrogens is 1. The van der Waals surface area contributed by atoms with Crippen molar-refractivity contribution in [2.75, 3.05) is 17.3 Å². The van der Waals surface area contributed by atoms with Crippen molar-refractivity contribution in [2.24, 2.45) is 13.0 Å². The summed E-state index contributed by atoms with van der Waals surface area (Å²) in [4.78, 5) is 25.6. The van der Waals surface area contributed by atoms with E-state index in [1.807, 2.05) is 52.2 Å². The highest BCUT2D eigenvalue weighted by Crippen LogP contribution is 2.40. The van der Waals surface area contributed by atoms with Crippen LogP contribution in [0.2, 0.25) is 0 Å². The molecule has 0 saturated carbocycles. The maximum Gasteiger partial charge on any atom is 0.320 e. The van der Waals surface area contributed by atoms with Gasteiger partial charge in [-0.25, -0.2) is 0 Å². The van der Waals surface area contributed by atoms with E-state index < -0.39 is 12.0 Å². The Morgan fingerprint density at radius 3 is 2.62 bits per heavy atom. The Kier molecular flexibility index (Phi) is 5.98. The number of nitrogens with zero attached hydrogens (tertiary/aromatic N) is 2. The molecule has 7 heteroatoms. The number of hydrogen-bond donors (Lipinski definition) is 3. The minimum absolute atomic E-state index is 0.00894. The van der Waals surface area contributed by atoms with Crippen LogP contribution in [0.4, 0.5) is 11.4 Å². The molecule has 7 nitrogen and oxygen atoms in total. The number of carboxylic acid groups (broad SMARTS) is 1. The van der Waals surface area contributed by atoms with Crippen molar-refractivity contribution in [1.82, 2.24) is 9.88 Å². The van der Waals surface area contributed by atoms with Crippen molar-refractivity contribution < 1.29 is 9.90 Å². The normalized spacial score (nSPS) is 16.6. The van der Waals surface area contributed by atoms with E-state index in [0.29, 0.717) is 24.4 Å². The van der Waals surface area contributed by atoms with Crippen LogP contribution in [0.25, 0.3) is 0 Å². The van der Waals surface area contributed by atoms with Crippen LogP contribution < -0.4 is 21.1 Å². The Balaban J connectivity index is 1.76. The third-order valence-electron chi connectivity index (χ3n) is 5.38. The molecule has 0 aliphatic carbocycles. The summed E-state index contributed by atoms with van der Waals surface area (Å²) in [7, 11) is 3.78. The Morgan fingerprint density at radius 2 is 2.00 bits per heavy atom. The van der Waals surface area contributed by atoms with Crippen LogP contribution in [0.3, 0.4) is 0 Å². The highest BCUT2D eigenvalue weighted by atomic mass is 16.4. The van der Waals surface area contributed by atoms with Gasteiger partial charge in [-0.1, -0.05) is 19.9 Å². The fourth-order valence-corrected chi connectivity index (χ4v) is 3.85. The molecule has 1 aliphatic rings. The lowest BCUT2D eigenvalue weighted by molar-refractivity contribution is -0.140. The number of benzene rings is 1. The predicted octanol–water partition coefficient (Wildman–Crippen LogP) is 2.84. The van der Waals surface area contributed by atoms with Gasteiger partial charge in [-0.05, 0) is 43.0 Å². The topological polar surface area (TPSA) is 86.6 Å². The van der Waals surface area contributed by atoms with Crippen LogP contribution in [0.1, 0.15) is 43.1 Å². The fraction of sp³-hybridized carbons (Fsp3) is 0.455. The van der Waals surface area contributed by atoms with Gasteiger partial charge < -0.3 is 25.2 Å². The first-order chi connectivity index (χ1) is 13.7. The molecule has 0 amide bonds. The number of aryl methyl sites for hydroxylation is 2. The number of rotatable bonds is 7. The molecule has 0 saturated heterocycles. The molecule has 2 unspecified atom stereocenters. The van der Waals surface area contributed by atoms with Gasteiger partial charge in [0.25, 0.3) is 5.56 Å². The lowest BCUT2D eigenvalue weighted by Crippen LogP contribution is -2.37. The van der Waals surface area contributed by atoms with Crippen molar-refractivity contribution in [3.8, 4) is 0 Å². The first kappa shape index (κ1) is 20.9. The van der Waals surface area contributed by atoms with Crippen molar-refractivity contribution >= 4 is 17.3 Å². The summed E-state index contributed by atoms with van der Waals surface area (Å²) in [5.41, 5.74) is 4.84. The lowest BCUT2D eigenvalue weighted by Gasteiger charge is -2.23. The van der Waals surface area contributed by atoms with Gasteiger partial charge in [-0.3, -0.25) is 9.59 Å². The van der Waals surface area contributed by atoms with Crippen molar-refractivity contribution in [2.45, 2.75) is 45.9 Å². The molecule has 1 aliphatic heterocycles. The number of pyridine rings is 1. The van der Waals surface area contributed by atoms with Gasteiger partial charge in [-0.2, -0.15) is 0 Å². The fourth-order valence-electron chi connectivity index (χ4n) is 3.85. The number of carbonyl (C=O) groups is 1. The molecule has 1 aromatic carbocycles. The molecule has 0 fully saturated rings. The highest BCUT2D eigenvalue weighted by molar-refractivity contribution is 5.77. The zero-order valence-electron chi connectivity index (χ0n) is 17.7. The number of hydrogen-bond acceptors (Lipinski definition) is 5. The Bertz CT molecular complexity index is 941. The van der Waals surface area contributed by atoms with Crippen LogP contribution >= 0.6 is 0 Å². The van der Waals surface area contributed by atoms with Crippen molar-refractivity contribution in [3.05, 3.63) is 57.5 Å². The summed E-state index contributed by atoms with van der Waals surface area (Å²) in [6.07, 6.45) is 2.39. The lowest BCUT2D eigenvalue weighted by atomic mass is 10.0. The molecule has 0 bridgehead atoms. The number of fused-ring (bicyclic) bond motifs is 1. The summed E-state index contributed by atoms with van der Waals surface area (Å²) >= 11 is 0. The molecule has 0 spiro atoms. The third-order valence-corrected chi connectivity index (χ3v) is 5.38. The van der Waals surface area contributed by atoms with Crippen LogP contribution in [0.5, 0.6) is 0 Å². The van der Waals surface area contributed by atoms with E-state index >= 15 is 0 Å². The number of nitrogens with one attached hydrogen (secondary N) is 2. The summed E-state index contributed by atoms with van der Waals surface area (Å²) in [5, 5.41) is 16.1. The number of anilines is 2. The second kappa shape index (κ2) is 8.29. The zero-order valence-corrected chi connectivity index (χ0v) is 17.7. The summed E-state index contributed by atoms with van der Waals surface area (Å²) < 4.78 is 1.61. The molecule has 2 heterocycles. The SMILES string of the molecule is Cc1cc(C2Nc3cc(CNC(CC(C)C)C(=O)O)ccc3N2C)cn(C)c1=O. The Hall–Kier alpha value is -2.80. The molecule has 1 aromatic heterocycles. The molecule has 29 heavy (non-hydrogen) atoms. The van der Waals surface area contributed by atoms with Gasteiger partial charge in [0.1, 0.15) is 12.2 Å². The second-order valence-corrected chi connectivity index (χ2v) is 8.28. The van der Waals surface area contributed by atoms with Gasteiger partial charge >= 0.3 is 5.97 Å². The summed E-state index contributed by atoms with van der Waals surface area (Å²) in [5.74, 6) is -0.507. The van der Waals surface area contributed by atoms with Crippen LogP contribution in [-0.4, -0.2) is 28.7 Å². The van der Waals surface area contributed by atoms with E-state index in [0.717, 1.165) is 22.5 Å². The smallest absolute Gasteiger partial charge is 0.320 e. The standard InChI is InChI=1S/C22H30N4O3/c1-13(2)8-18(22(28)29)23-11-15-6-7-19-17(10-15)24-20(26(19)5)16-9-14(3)21(27)25(4)12-16/h6-7,9-10,12-13,18,20,23-24H,8,11H2,1-5H3,(H,28,29).